The van der Waals surface area contributed by atoms with E-state index in [9.17, 15) is 10.2 Å². The van der Waals surface area contributed by atoms with E-state index in [1.165, 1.54) is 10.4 Å². The number of aliphatic hydroxyl groups excluding tert-OH is 2. The van der Waals surface area contributed by atoms with Crippen LogP contribution in [0.15, 0.2) is 60.7 Å². The summed E-state index contributed by atoms with van der Waals surface area (Å²) in [6, 6.07) is 20.8. The van der Waals surface area contributed by atoms with Crippen LogP contribution in [0, 0.1) is 0 Å². The van der Waals surface area contributed by atoms with Crippen LogP contribution in [0.2, 0.25) is 5.04 Å². The molecule has 0 amide bonds. The van der Waals surface area contributed by atoms with Crippen LogP contribution in [-0.4, -0.2) is 73.8 Å². The molecule has 2 aliphatic rings. The Hall–Kier alpha value is -1.62. The quantitative estimate of drug-likeness (QED) is 0.508. The van der Waals surface area contributed by atoms with Gasteiger partial charge in [0.1, 0.15) is 30.5 Å². The SMILES string of the molecule is CC1(C)O[C@@H]([C@H](O)[C@@H]2OC(C)(C)O[C@@H]2CO)[C@H](CO[Si](c2ccccc2)(c2ccccc2)C(C)(C)C)O1. The minimum Gasteiger partial charge on any atom is -0.405 e. The molecule has 0 aliphatic carbocycles. The first-order chi connectivity index (χ1) is 17.3. The van der Waals surface area contributed by atoms with Gasteiger partial charge < -0.3 is 33.6 Å². The molecule has 4 rings (SSSR count). The lowest BCUT2D eigenvalue weighted by atomic mass is 10.00. The first-order valence-electron chi connectivity index (χ1n) is 13.0. The highest BCUT2D eigenvalue weighted by Gasteiger charge is 2.55. The fourth-order valence-corrected chi connectivity index (χ4v) is 10.3. The van der Waals surface area contributed by atoms with E-state index in [-0.39, 0.29) is 18.3 Å². The van der Waals surface area contributed by atoms with Crippen molar-refractivity contribution in [2.75, 3.05) is 13.2 Å². The van der Waals surface area contributed by atoms with Crippen molar-refractivity contribution in [3.8, 4) is 0 Å². The Kier molecular flexibility index (Phi) is 8.06. The molecule has 0 aromatic heterocycles. The molecule has 2 aromatic carbocycles. The van der Waals surface area contributed by atoms with Crippen molar-refractivity contribution in [2.24, 2.45) is 0 Å². The number of hydrogen-bond acceptors (Lipinski definition) is 7. The van der Waals surface area contributed by atoms with Crippen molar-refractivity contribution in [1.82, 2.24) is 0 Å². The van der Waals surface area contributed by atoms with E-state index in [4.69, 9.17) is 23.4 Å². The highest BCUT2D eigenvalue weighted by atomic mass is 28.4. The Morgan fingerprint density at radius 2 is 1.22 bits per heavy atom. The van der Waals surface area contributed by atoms with E-state index < -0.39 is 50.4 Å². The maximum atomic E-state index is 11.4. The molecule has 0 saturated carbocycles. The Morgan fingerprint density at radius 1 is 0.784 bits per heavy atom. The monoisotopic (exact) mass is 530 g/mol. The van der Waals surface area contributed by atoms with Gasteiger partial charge in [0.05, 0.1) is 13.2 Å². The average molecular weight is 531 g/mol. The summed E-state index contributed by atoms with van der Waals surface area (Å²) in [4.78, 5) is 0. The molecule has 37 heavy (non-hydrogen) atoms. The Labute approximate surface area is 221 Å². The number of rotatable bonds is 8. The van der Waals surface area contributed by atoms with Gasteiger partial charge in [0.2, 0.25) is 0 Å². The molecule has 2 fully saturated rings. The predicted octanol–water partition coefficient (Wildman–Crippen LogP) is 2.96. The van der Waals surface area contributed by atoms with Crippen LogP contribution < -0.4 is 10.4 Å². The van der Waals surface area contributed by atoms with E-state index in [1.807, 2.05) is 50.2 Å². The van der Waals surface area contributed by atoms with E-state index in [2.05, 4.69) is 45.0 Å². The average Bonchev–Trinajstić information content (AvgIpc) is 3.33. The van der Waals surface area contributed by atoms with E-state index in [0.717, 1.165) is 0 Å². The summed E-state index contributed by atoms with van der Waals surface area (Å²) >= 11 is 0. The lowest BCUT2D eigenvalue weighted by Crippen LogP contribution is -2.67. The van der Waals surface area contributed by atoms with Gasteiger partial charge in [-0.15, -0.1) is 0 Å². The summed E-state index contributed by atoms with van der Waals surface area (Å²) in [5.74, 6) is -1.84. The van der Waals surface area contributed by atoms with Crippen molar-refractivity contribution in [2.45, 2.75) is 95.6 Å². The summed E-state index contributed by atoms with van der Waals surface area (Å²) in [6.07, 6.45) is -3.81. The van der Waals surface area contributed by atoms with Gasteiger partial charge in [0, 0.05) is 0 Å². The molecule has 0 radical (unpaired) electrons. The molecule has 0 unspecified atom stereocenters. The van der Waals surface area contributed by atoms with Crippen LogP contribution in [0.25, 0.3) is 0 Å². The summed E-state index contributed by atoms with van der Waals surface area (Å²) in [5.41, 5.74) is 0. The molecule has 2 heterocycles. The second-order valence-corrected chi connectivity index (χ2v) is 16.2. The van der Waals surface area contributed by atoms with Crippen LogP contribution in [0.5, 0.6) is 0 Å². The van der Waals surface area contributed by atoms with Gasteiger partial charge in [-0.2, -0.15) is 0 Å². The minimum atomic E-state index is -2.82. The van der Waals surface area contributed by atoms with Crippen LogP contribution >= 0.6 is 0 Å². The highest BCUT2D eigenvalue weighted by molar-refractivity contribution is 6.99. The first-order valence-corrected chi connectivity index (χ1v) is 15.0. The summed E-state index contributed by atoms with van der Waals surface area (Å²) in [6.45, 7) is 13.8. The lowest BCUT2D eigenvalue weighted by Gasteiger charge is -2.43. The van der Waals surface area contributed by atoms with Crippen LogP contribution in [0.3, 0.4) is 0 Å². The smallest absolute Gasteiger partial charge is 0.261 e. The lowest BCUT2D eigenvalue weighted by molar-refractivity contribution is -0.179. The third-order valence-corrected chi connectivity index (χ3v) is 12.2. The summed E-state index contributed by atoms with van der Waals surface area (Å²) < 4.78 is 31.4. The third-order valence-electron chi connectivity index (χ3n) is 7.18. The van der Waals surface area contributed by atoms with Crippen molar-refractivity contribution < 1.29 is 33.6 Å². The Balaban J connectivity index is 1.67. The van der Waals surface area contributed by atoms with Crippen molar-refractivity contribution in [3.63, 3.8) is 0 Å². The molecule has 2 aliphatic heterocycles. The van der Waals surface area contributed by atoms with Gasteiger partial charge in [-0.3, -0.25) is 0 Å². The zero-order chi connectivity index (χ0) is 27.1. The fraction of sp³-hybridized carbons (Fsp3) is 0.586. The van der Waals surface area contributed by atoms with Crippen molar-refractivity contribution in [3.05, 3.63) is 60.7 Å². The van der Waals surface area contributed by atoms with Crippen LogP contribution in [0.4, 0.5) is 0 Å². The summed E-state index contributed by atoms with van der Waals surface area (Å²) in [7, 11) is -2.82. The second-order valence-electron chi connectivity index (χ2n) is 11.9. The topological polar surface area (TPSA) is 86.6 Å². The van der Waals surface area contributed by atoms with Gasteiger partial charge >= 0.3 is 0 Å². The van der Waals surface area contributed by atoms with Gasteiger partial charge in [0.25, 0.3) is 8.32 Å². The van der Waals surface area contributed by atoms with Gasteiger partial charge in [-0.1, -0.05) is 81.4 Å². The maximum Gasteiger partial charge on any atom is 0.261 e. The van der Waals surface area contributed by atoms with Gasteiger partial charge in [-0.05, 0) is 43.1 Å². The second kappa shape index (κ2) is 10.5. The molecular weight excluding hydrogens is 488 g/mol. The van der Waals surface area contributed by atoms with E-state index >= 15 is 0 Å². The zero-order valence-electron chi connectivity index (χ0n) is 23.0. The predicted molar refractivity (Wildman–Crippen MR) is 144 cm³/mol. The molecule has 2 aromatic rings. The van der Waals surface area contributed by atoms with Gasteiger partial charge in [0.15, 0.2) is 11.6 Å². The number of hydrogen-bond donors (Lipinski definition) is 2. The molecule has 0 spiro atoms. The van der Waals surface area contributed by atoms with E-state index in [0.29, 0.717) is 0 Å². The van der Waals surface area contributed by atoms with Crippen molar-refractivity contribution >= 4 is 18.7 Å². The molecule has 8 heteroatoms. The standard InChI is InChI=1S/C29H42O7Si/c1-27(2,3)37(20-14-10-8-11-15-20,21-16-12-9-13-17-21)32-19-23-26(36-29(6,7)34-23)24(31)25-22(18-30)33-28(4,5)35-25/h8-17,22-26,30-31H,18-19H2,1-7H3/t22-,23+,24-,25-,26-/m1/s1. The maximum absolute atomic E-state index is 11.4. The normalized spacial score (nSPS) is 28.4. The summed E-state index contributed by atoms with van der Waals surface area (Å²) in [5, 5.41) is 23.4. The number of aliphatic hydroxyl groups is 2. The molecule has 204 valence electrons. The van der Waals surface area contributed by atoms with E-state index in [1.54, 1.807) is 13.8 Å². The number of benzene rings is 2. The molecule has 2 N–H and O–H groups in total. The minimum absolute atomic E-state index is 0.201. The third kappa shape index (κ3) is 5.72. The number of ether oxygens (including phenoxy) is 4. The molecule has 0 bridgehead atoms. The van der Waals surface area contributed by atoms with Crippen molar-refractivity contribution in [1.29, 1.82) is 0 Å². The molecule has 7 nitrogen and oxygen atoms in total. The first kappa shape index (κ1) is 28.4. The van der Waals surface area contributed by atoms with Gasteiger partial charge in [-0.25, -0.2) is 0 Å². The molecule has 5 atom stereocenters. The van der Waals surface area contributed by atoms with Crippen LogP contribution in [0.1, 0.15) is 48.5 Å². The highest BCUT2D eigenvalue weighted by Crippen LogP contribution is 2.40. The van der Waals surface area contributed by atoms with Crippen LogP contribution in [-0.2, 0) is 23.4 Å². The zero-order valence-corrected chi connectivity index (χ0v) is 24.0. The molecular formula is C29H42O7Si. The molecule has 2 saturated heterocycles. The largest absolute Gasteiger partial charge is 0.405 e. The Morgan fingerprint density at radius 3 is 1.65 bits per heavy atom. The Bertz CT molecular complexity index is 982. The fourth-order valence-electron chi connectivity index (χ4n) is 5.73.